The lowest BCUT2D eigenvalue weighted by Gasteiger charge is -2.29. The minimum absolute atomic E-state index is 0.0678. The van der Waals surface area contributed by atoms with Crippen LogP contribution in [0.25, 0.3) is 0 Å². The first-order valence-corrected chi connectivity index (χ1v) is 7.40. The van der Waals surface area contributed by atoms with E-state index in [1.165, 1.54) is 7.11 Å². The van der Waals surface area contributed by atoms with E-state index < -0.39 is 0 Å². The molecule has 1 aromatic carbocycles. The molecule has 0 saturated carbocycles. The maximum atomic E-state index is 12.4. The van der Waals surface area contributed by atoms with Gasteiger partial charge in [-0.2, -0.15) is 0 Å². The van der Waals surface area contributed by atoms with E-state index in [4.69, 9.17) is 21.1 Å². The summed E-state index contributed by atoms with van der Waals surface area (Å²) in [6, 6.07) is 3.12. The fourth-order valence-corrected chi connectivity index (χ4v) is 2.81. The second-order valence-corrected chi connectivity index (χ2v) is 5.63. The molecule has 2 N–H and O–H groups in total. The summed E-state index contributed by atoms with van der Waals surface area (Å²) in [6.45, 7) is 2.94. The van der Waals surface area contributed by atoms with E-state index in [9.17, 15) is 4.79 Å². The van der Waals surface area contributed by atoms with Crippen LogP contribution < -0.4 is 20.1 Å². The topological polar surface area (TPSA) is 59.6 Å². The van der Waals surface area contributed by atoms with E-state index in [0.29, 0.717) is 28.1 Å². The first kappa shape index (κ1) is 15.9. The van der Waals surface area contributed by atoms with Crippen molar-refractivity contribution in [2.24, 2.45) is 5.92 Å². The van der Waals surface area contributed by atoms with Crippen LogP contribution in [0.1, 0.15) is 19.8 Å². The predicted octanol–water partition coefficient (Wildman–Crippen LogP) is 2.68. The van der Waals surface area contributed by atoms with Gasteiger partial charge in [-0.05, 0) is 31.4 Å². The minimum atomic E-state index is -0.190. The summed E-state index contributed by atoms with van der Waals surface area (Å²) in [5.74, 6) is 1.27. The number of anilines is 1. The number of rotatable bonds is 4. The van der Waals surface area contributed by atoms with Gasteiger partial charge in [-0.15, -0.1) is 0 Å². The van der Waals surface area contributed by atoms with Crippen molar-refractivity contribution < 1.29 is 14.3 Å². The Bertz CT molecular complexity index is 522. The number of carbonyl (C=O) groups is 1. The number of nitrogens with one attached hydrogen (secondary N) is 2. The zero-order valence-corrected chi connectivity index (χ0v) is 13.3. The molecule has 1 saturated heterocycles. The first-order chi connectivity index (χ1) is 10.1. The van der Waals surface area contributed by atoms with Crippen molar-refractivity contribution in [1.29, 1.82) is 0 Å². The molecule has 1 amide bonds. The third kappa shape index (κ3) is 3.60. The largest absolute Gasteiger partial charge is 0.495 e. The minimum Gasteiger partial charge on any atom is -0.495 e. The van der Waals surface area contributed by atoms with Crippen LogP contribution in [0.4, 0.5) is 5.69 Å². The van der Waals surface area contributed by atoms with Gasteiger partial charge < -0.3 is 20.1 Å². The molecule has 0 radical (unpaired) electrons. The number of ether oxygens (including phenoxy) is 2. The van der Waals surface area contributed by atoms with Crippen molar-refractivity contribution in [2.45, 2.75) is 25.8 Å². The Kier molecular flexibility index (Phi) is 5.31. The van der Waals surface area contributed by atoms with E-state index in [1.807, 2.05) is 0 Å². The summed E-state index contributed by atoms with van der Waals surface area (Å²) in [7, 11) is 3.08. The van der Waals surface area contributed by atoms with E-state index in [1.54, 1.807) is 19.2 Å². The molecule has 6 heteroatoms. The van der Waals surface area contributed by atoms with Crippen molar-refractivity contribution in [2.75, 3.05) is 26.1 Å². The van der Waals surface area contributed by atoms with Crippen LogP contribution in [0.2, 0.25) is 5.02 Å². The van der Waals surface area contributed by atoms with Crippen LogP contribution in [0.5, 0.6) is 11.5 Å². The zero-order chi connectivity index (χ0) is 15.4. The number of amides is 1. The number of hydrogen-bond donors (Lipinski definition) is 2. The molecule has 5 nitrogen and oxygen atoms in total. The van der Waals surface area contributed by atoms with Crippen LogP contribution >= 0.6 is 11.6 Å². The Balaban J connectivity index is 2.18. The molecule has 0 bridgehead atoms. The molecule has 1 aliphatic rings. The number of carbonyl (C=O) groups excluding carboxylic acids is 1. The second-order valence-electron chi connectivity index (χ2n) is 5.23. The summed E-state index contributed by atoms with van der Waals surface area (Å²) >= 11 is 6.11. The Hall–Kier alpha value is -1.46. The lowest BCUT2D eigenvalue weighted by Crippen LogP contribution is -2.48. The second kappa shape index (κ2) is 7.00. The summed E-state index contributed by atoms with van der Waals surface area (Å²) in [6.07, 6.45) is 2.15. The highest BCUT2D eigenvalue weighted by atomic mass is 35.5. The van der Waals surface area contributed by atoms with Crippen LogP contribution in [0.15, 0.2) is 12.1 Å². The molecule has 0 spiro atoms. The van der Waals surface area contributed by atoms with Crippen molar-refractivity contribution in [3.63, 3.8) is 0 Å². The zero-order valence-electron chi connectivity index (χ0n) is 12.5. The number of halogens is 1. The van der Waals surface area contributed by atoms with E-state index in [2.05, 4.69) is 17.6 Å². The van der Waals surface area contributed by atoms with Crippen LogP contribution in [-0.2, 0) is 4.79 Å². The molecule has 21 heavy (non-hydrogen) atoms. The fourth-order valence-electron chi connectivity index (χ4n) is 2.57. The molecule has 116 valence electrons. The molecule has 1 heterocycles. The van der Waals surface area contributed by atoms with Crippen molar-refractivity contribution in [1.82, 2.24) is 5.32 Å². The Morgan fingerprint density at radius 2 is 2.05 bits per heavy atom. The van der Waals surface area contributed by atoms with E-state index in [0.717, 1.165) is 19.4 Å². The van der Waals surface area contributed by atoms with Gasteiger partial charge >= 0.3 is 0 Å². The highest BCUT2D eigenvalue weighted by molar-refractivity contribution is 6.32. The lowest BCUT2D eigenvalue weighted by atomic mass is 9.92. The first-order valence-electron chi connectivity index (χ1n) is 7.02. The number of benzene rings is 1. The lowest BCUT2D eigenvalue weighted by molar-refractivity contribution is -0.119. The maximum Gasteiger partial charge on any atom is 0.241 e. The molecule has 2 atom stereocenters. The normalized spacial score (nSPS) is 21.7. The Morgan fingerprint density at radius 3 is 2.67 bits per heavy atom. The Morgan fingerprint density at radius 1 is 1.33 bits per heavy atom. The van der Waals surface area contributed by atoms with Gasteiger partial charge in [0.25, 0.3) is 0 Å². The highest BCUT2D eigenvalue weighted by Gasteiger charge is 2.28. The van der Waals surface area contributed by atoms with Gasteiger partial charge in [0.2, 0.25) is 5.91 Å². The van der Waals surface area contributed by atoms with Gasteiger partial charge in [-0.3, -0.25) is 4.79 Å². The third-order valence-electron chi connectivity index (χ3n) is 3.78. The van der Waals surface area contributed by atoms with Crippen LogP contribution in [0, 0.1) is 5.92 Å². The van der Waals surface area contributed by atoms with Gasteiger partial charge in [0.15, 0.2) is 0 Å². The molecule has 0 aliphatic carbocycles. The van der Waals surface area contributed by atoms with Crippen LogP contribution in [0.3, 0.4) is 0 Å². The summed E-state index contributed by atoms with van der Waals surface area (Å²) in [4.78, 5) is 12.4. The maximum absolute atomic E-state index is 12.4. The number of methoxy groups -OCH3 is 2. The monoisotopic (exact) mass is 312 g/mol. The smallest absolute Gasteiger partial charge is 0.241 e. The van der Waals surface area contributed by atoms with E-state index in [-0.39, 0.29) is 11.9 Å². The quantitative estimate of drug-likeness (QED) is 0.897. The van der Waals surface area contributed by atoms with Gasteiger partial charge in [0.05, 0.1) is 31.0 Å². The third-order valence-corrected chi connectivity index (χ3v) is 4.08. The van der Waals surface area contributed by atoms with Gasteiger partial charge in [-0.1, -0.05) is 18.5 Å². The van der Waals surface area contributed by atoms with Gasteiger partial charge in [-0.25, -0.2) is 0 Å². The molecular formula is C15H21ClN2O3. The van der Waals surface area contributed by atoms with E-state index >= 15 is 0 Å². The van der Waals surface area contributed by atoms with Crippen molar-refractivity contribution in [3.05, 3.63) is 17.2 Å². The molecule has 0 aromatic heterocycles. The van der Waals surface area contributed by atoms with Gasteiger partial charge in [0, 0.05) is 6.07 Å². The standard InChI is InChI=1S/C15H21ClN2O3/c1-9-5-4-6-17-14(9)15(19)18-11-7-10(16)12(20-2)8-13(11)21-3/h7-9,14,17H,4-6H2,1-3H3,(H,18,19). The average molecular weight is 313 g/mol. The summed E-state index contributed by atoms with van der Waals surface area (Å²) in [5, 5.41) is 6.57. The molecule has 2 unspecified atom stereocenters. The van der Waals surface area contributed by atoms with Crippen molar-refractivity contribution >= 4 is 23.2 Å². The average Bonchev–Trinajstić information content (AvgIpc) is 2.48. The molecule has 1 fully saturated rings. The summed E-state index contributed by atoms with van der Waals surface area (Å²) < 4.78 is 10.4. The molecular weight excluding hydrogens is 292 g/mol. The Labute approximate surface area is 130 Å². The van der Waals surface area contributed by atoms with Crippen LogP contribution in [-0.4, -0.2) is 32.7 Å². The summed E-state index contributed by atoms with van der Waals surface area (Å²) in [5.41, 5.74) is 0.549. The molecule has 1 aromatic rings. The number of piperidine rings is 1. The molecule has 1 aliphatic heterocycles. The number of hydrogen-bond acceptors (Lipinski definition) is 4. The fraction of sp³-hybridized carbons (Fsp3) is 0.533. The SMILES string of the molecule is COc1cc(OC)c(NC(=O)C2NCCCC2C)cc1Cl. The predicted molar refractivity (Wildman–Crippen MR) is 83.4 cm³/mol. The van der Waals surface area contributed by atoms with Gasteiger partial charge in [0.1, 0.15) is 11.5 Å². The molecule has 2 rings (SSSR count). The van der Waals surface area contributed by atoms with Crippen molar-refractivity contribution in [3.8, 4) is 11.5 Å². The highest BCUT2D eigenvalue weighted by Crippen LogP contribution is 2.36.